The van der Waals surface area contributed by atoms with Crippen molar-refractivity contribution in [2.75, 3.05) is 0 Å². The molecule has 1 aromatic carbocycles. The molecular weight excluding hydrogens is 376 g/mol. The predicted molar refractivity (Wildman–Crippen MR) is 115 cm³/mol. The molecule has 0 aliphatic rings. The van der Waals surface area contributed by atoms with Crippen LogP contribution >= 0.6 is 12.2 Å². The van der Waals surface area contributed by atoms with E-state index < -0.39 is 5.60 Å². The molecule has 0 aliphatic carbocycles. The Morgan fingerprint density at radius 3 is 2.33 bits per heavy atom. The maximum Gasteiger partial charge on any atom is 0.255 e. The Labute approximate surface area is 169 Å². The van der Waals surface area contributed by atoms with Gasteiger partial charge in [0.05, 0.1) is 17.4 Å². The normalized spacial score (nSPS) is 15.5. The first kappa shape index (κ1) is 21.8. The van der Waals surface area contributed by atoms with Crippen LogP contribution in [0.15, 0.2) is 35.1 Å². The number of hydrogen-bond donors (Lipinski definition) is 1. The molecule has 2 atom stereocenters. The topological polar surface area (TPSA) is 56.2 Å². The third-order valence-corrected chi connectivity index (χ3v) is 6.79. The summed E-state index contributed by atoms with van der Waals surface area (Å²) in [5.74, 6) is 0. The quantitative estimate of drug-likeness (QED) is 0.590. The fraction of sp³-hybridized carbons (Fsp3) is 0.500. The van der Waals surface area contributed by atoms with E-state index in [-0.39, 0.29) is 23.8 Å². The third-order valence-electron chi connectivity index (χ3n) is 5.62. The van der Waals surface area contributed by atoms with Gasteiger partial charge in [0.2, 0.25) is 0 Å². The highest BCUT2D eigenvalue weighted by Gasteiger charge is 2.42. The molecule has 0 saturated carbocycles. The molecule has 0 amide bonds. The third kappa shape index (κ3) is 4.32. The van der Waals surface area contributed by atoms with E-state index in [9.17, 15) is 4.79 Å². The van der Waals surface area contributed by atoms with E-state index >= 15 is 0 Å². The largest absolute Gasteiger partial charge is 0.420 e. The maximum atomic E-state index is 12.3. The Kier molecular flexibility index (Phi) is 6.62. The SMILES string of the molecule is Cc1c(-c2ccccc2)n(COC(C)C(C)(O[SiH3])C(C)(C)C)c(=S)[nH]c1=O. The van der Waals surface area contributed by atoms with Gasteiger partial charge < -0.3 is 9.16 Å². The van der Waals surface area contributed by atoms with E-state index in [2.05, 4.69) is 32.7 Å². The fourth-order valence-electron chi connectivity index (χ4n) is 3.19. The Bertz CT molecular complexity index is 902. The highest BCUT2D eigenvalue weighted by molar-refractivity contribution is 7.71. The molecule has 27 heavy (non-hydrogen) atoms. The minimum atomic E-state index is -0.425. The smallest absolute Gasteiger partial charge is 0.255 e. The molecule has 7 heteroatoms. The van der Waals surface area contributed by atoms with Crippen molar-refractivity contribution in [2.24, 2.45) is 5.41 Å². The average Bonchev–Trinajstić information content (AvgIpc) is 2.62. The lowest BCUT2D eigenvalue weighted by Crippen LogP contribution is -2.52. The molecule has 1 heterocycles. The molecule has 0 radical (unpaired) electrons. The van der Waals surface area contributed by atoms with Gasteiger partial charge in [-0.1, -0.05) is 51.1 Å². The van der Waals surface area contributed by atoms with Gasteiger partial charge in [-0.15, -0.1) is 0 Å². The minimum absolute atomic E-state index is 0.0845. The number of H-pyrrole nitrogens is 1. The molecular formula is C20H30N2O3SSi. The molecule has 0 saturated heterocycles. The van der Waals surface area contributed by atoms with Crippen molar-refractivity contribution < 1.29 is 9.16 Å². The van der Waals surface area contributed by atoms with Crippen LogP contribution in [0, 0.1) is 17.1 Å². The van der Waals surface area contributed by atoms with Gasteiger partial charge in [0.15, 0.2) is 4.77 Å². The predicted octanol–water partition coefficient (Wildman–Crippen LogP) is 3.35. The molecule has 148 valence electrons. The molecule has 0 aliphatic heterocycles. The van der Waals surface area contributed by atoms with Gasteiger partial charge in [0.1, 0.15) is 17.2 Å². The van der Waals surface area contributed by atoms with E-state index in [0.29, 0.717) is 20.8 Å². The molecule has 0 bridgehead atoms. The second-order valence-electron chi connectivity index (χ2n) is 8.03. The lowest BCUT2D eigenvalue weighted by molar-refractivity contribution is -0.141. The number of hydrogen-bond acceptors (Lipinski definition) is 4. The first-order valence-corrected chi connectivity index (χ1v) is 10.3. The van der Waals surface area contributed by atoms with Crippen molar-refractivity contribution in [3.05, 3.63) is 51.0 Å². The lowest BCUT2D eigenvalue weighted by Gasteiger charge is -2.45. The molecule has 2 aromatic rings. The van der Waals surface area contributed by atoms with Gasteiger partial charge in [0, 0.05) is 5.56 Å². The summed E-state index contributed by atoms with van der Waals surface area (Å²) in [4.78, 5) is 15.0. The summed E-state index contributed by atoms with van der Waals surface area (Å²) in [5.41, 5.74) is 1.64. The van der Waals surface area contributed by atoms with Crippen LogP contribution in [-0.2, 0) is 15.9 Å². The average molecular weight is 407 g/mol. The highest BCUT2D eigenvalue weighted by atomic mass is 32.1. The zero-order chi connectivity index (χ0) is 20.4. The number of rotatable bonds is 6. The zero-order valence-electron chi connectivity index (χ0n) is 17.3. The first-order chi connectivity index (χ1) is 12.5. The highest BCUT2D eigenvalue weighted by Crippen LogP contribution is 2.37. The Morgan fingerprint density at radius 1 is 1.22 bits per heavy atom. The molecule has 0 fully saturated rings. The van der Waals surface area contributed by atoms with Crippen LogP contribution < -0.4 is 5.56 Å². The minimum Gasteiger partial charge on any atom is -0.420 e. The summed E-state index contributed by atoms with van der Waals surface area (Å²) in [7, 11) is 0.622. The molecule has 1 aromatic heterocycles. The van der Waals surface area contributed by atoms with E-state index in [4.69, 9.17) is 21.4 Å². The van der Waals surface area contributed by atoms with Crippen LogP contribution in [0.2, 0.25) is 0 Å². The summed E-state index contributed by atoms with van der Waals surface area (Å²) in [6.07, 6.45) is -0.159. The van der Waals surface area contributed by atoms with Gasteiger partial charge >= 0.3 is 0 Å². The molecule has 2 rings (SSSR count). The van der Waals surface area contributed by atoms with Gasteiger partial charge in [-0.25, -0.2) is 0 Å². The summed E-state index contributed by atoms with van der Waals surface area (Å²) >= 11 is 5.44. The van der Waals surface area contributed by atoms with Gasteiger partial charge in [-0.2, -0.15) is 0 Å². The first-order valence-electron chi connectivity index (χ1n) is 9.09. The van der Waals surface area contributed by atoms with E-state index in [1.165, 1.54) is 0 Å². The Balaban J connectivity index is 2.45. The van der Waals surface area contributed by atoms with Crippen molar-refractivity contribution >= 4 is 22.7 Å². The standard InChI is InChI=1S/C20H30N2O3SSi/c1-13-16(15-10-8-7-9-11-15)22(18(26)21-17(13)23)12-24-14(2)20(6,25-27)19(3,4)5/h7-11,14H,12H2,1-6,27H3,(H,21,23,26). The second-order valence-corrected chi connectivity index (χ2v) is 8.82. The van der Waals surface area contributed by atoms with Crippen LogP contribution in [0.5, 0.6) is 0 Å². The monoisotopic (exact) mass is 406 g/mol. The Morgan fingerprint density at radius 2 is 1.81 bits per heavy atom. The van der Waals surface area contributed by atoms with Crippen LogP contribution in [-0.4, -0.2) is 31.7 Å². The maximum absolute atomic E-state index is 12.3. The molecule has 5 nitrogen and oxygen atoms in total. The number of nitrogens with one attached hydrogen (secondary N) is 1. The lowest BCUT2D eigenvalue weighted by atomic mass is 9.75. The van der Waals surface area contributed by atoms with Crippen molar-refractivity contribution in [3.63, 3.8) is 0 Å². The second kappa shape index (κ2) is 8.22. The summed E-state index contributed by atoms with van der Waals surface area (Å²) in [6.45, 7) is 12.6. The number of aromatic amines is 1. The summed E-state index contributed by atoms with van der Waals surface area (Å²) < 4.78 is 14.4. The van der Waals surface area contributed by atoms with E-state index in [1.54, 1.807) is 6.92 Å². The van der Waals surface area contributed by atoms with Gasteiger partial charge in [0.25, 0.3) is 5.56 Å². The zero-order valence-corrected chi connectivity index (χ0v) is 20.1. The number of ether oxygens (including phenoxy) is 1. The fourth-order valence-corrected chi connectivity index (χ4v) is 4.37. The molecule has 2 unspecified atom stereocenters. The van der Waals surface area contributed by atoms with Crippen molar-refractivity contribution in [3.8, 4) is 11.3 Å². The van der Waals surface area contributed by atoms with Gasteiger partial charge in [-0.3, -0.25) is 14.3 Å². The number of benzene rings is 1. The van der Waals surface area contributed by atoms with Crippen molar-refractivity contribution in [1.82, 2.24) is 9.55 Å². The van der Waals surface area contributed by atoms with Crippen LogP contribution in [0.4, 0.5) is 0 Å². The van der Waals surface area contributed by atoms with Crippen LogP contribution in [0.3, 0.4) is 0 Å². The van der Waals surface area contributed by atoms with Crippen LogP contribution in [0.1, 0.15) is 40.2 Å². The molecule has 1 N–H and O–H groups in total. The summed E-state index contributed by atoms with van der Waals surface area (Å²) in [6, 6.07) is 9.77. The molecule has 0 spiro atoms. The van der Waals surface area contributed by atoms with Crippen molar-refractivity contribution in [1.29, 1.82) is 0 Å². The van der Waals surface area contributed by atoms with E-state index in [0.717, 1.165) is 11.3 Å². The number of nitrogens with zero attached hydrogens (tertiary/aromatic N) is 1. The van der Waals surface area contributed by atoms with Gasteiger partial charge in [-0.05, 0) is 44.0 Å². The van der Waals surface area contributed by atoms with E-state index in [1.807, 2.05) is 41.8 Å². The number of aromatic nitrogens is 2. The van der Waals surface area contributed by atoms with Crippen molar-refractivity contribution in [2.45, 2.75) is 60.0 Å². The summed E-state index contributed by atoms with van der Waals surface area (Å²) in [5, 5.41) is 0. The van der Waals surface area contributed by atoms with Crippen LogP contribution in [0.25, 0.3) is 11.3 Å². The Hall–Kier alpha value is -1.54.